The standard InChI is InChI=1S/C17H21NOS3/c1-2-5-14-16(21-22-17(14)20)12-6-7-15(19)13(10-12)11-18-8-3-4-9-18/h6-7,10,19H,2-5,8-9,11H2,1H3. The minimum absolute atomic E-state index is 0.409. The summed E-state index contributed by atoms with van der Waals surface area (Å²) in [6, 6.07) is 6.01. The summed E-state index contributed by atoms with van der Waals surface area (Å²) in [5.41, 5.74) is 3.55. The predicted octanol–water partition coefficient (Wildman–Crippen LogP) is 5.46. The van der Waals surface area contributed by atoms with E-state index in [0.29, 0.717) is 5.75 Å². The van der Waals surface area contributed by atoms with Crippen molar-refractivity contribution in [3.05, 3.63) is 33.1 Å². The minimum Gasteiger partial charge on any atom is -0.508 e. The lowest BCUT2D eigenvalue weighted by Gasteiger charge is -2.16. The van der Waals surface area contributed by atoms with Crippen molar-refractivity contribution in [3.63, 3.8) is 0 Å². The van der Waals surface area contributed by atoms with Crippen molar-refractivity contribution < 1.29 is 5.11 Å². The molecule has 1 aliphatic heterocycles. The first-order chi connectivity index (χ1) is 10.7. The molecule has 0 spiro atoms. The Morgan fingerprint density at radius 3 is 2.73 bits per heavy atom. The van der Waals surface area contributed by atoms with Gasteiger partial charge in [0.1, 0.15) is 9.57 Å². The van der Waals surface area contributed by atoms with Crippen molar-refractivity contribution in [1.82, 2.24) is 4.90 Å². The van der Waals surface area contributed by atoms with Crippen LogP contribution in [-0.2, 0) is 13.0 Å². The number of likely N-dealkylation sites (tertiary alicyclic amines) is 1. The molecule has 2 heterocycles. The SMILES string of the molecule is CCCc1c(-c2ccc(O)c(CN3CCCC3)c2)ssc1=S. The maximum atomic E-state index is 10.2. The van der Waals surface area contributed by atoms with Crippen molar-refractivity contribution in [2.24, 2.45) is 0 Å². The molecule has 22 heavy (non-hydrogen) atoms. The molecule has 1 fully saturated rings. The van der Waals surface area contributed by atoms with Gasteiger partial charge in [0.25, 0.3) is 0 Å². The van der Waals surface area contributed by atoms with Gasteiger partial charge in [-0.05, 0) is 61.7 Å². The average molecular weight is 352 g/mol. The zero-order chi connectivity index (χ0) is 15.5. The molecule has 1 aliphatic rings. The number of benzene rings is 1. The van der Waals surface area contributed by atoms with Crippen LogP contribution < -0.4 is 0 Å². The van der Waals surface area contributed by atoms with Crippen molar-refractivity contribution in [2.75, 3.05) is 13.1 Å². The van der Waals surface area contributed by atoms with Crippen LogP contribution in [0.5, 0.6) is 5.75 Å². The highest BCUT2D eigenvalue weighted by Crippen LogP contribution is 2.37. The maximum Gasteiger partial charge on any atom is 0.120 e. The van der Waals surface area contributed by atoms with Crippen LogP contribution in [0.1, 0.15) is 37.3 Å². The summed E-state index contributed by atoms with van der Waals surface area (Å²) in [6.45, 7) is 5.32. The third-order valence-electron chi connectivity index (χ3n) is 4.16. The number of aromatic hydroxyl groups is 1. The Morgan fingerprint density at radius 2 is 2.00 bits per heavy atom. The van der Waals surface area contributed by atoms with Crippen LogP contribution in [0.4, 0.5) is 0 Å². The van der Waals surface area contributed by atoms with Gasteiger partial charge in [0.2, 0.25) is 0 Å². The fourth-order valence-electron chi connectivity index (χ4n) is 3.00. The molecule has 2 nitrogen and oxygen atoms in total. The number of phenolic OH excluding ortho intramolecular Hbond substituents is 1. The summed E-state index contributed by atoms with van der Waals surface area (Å²) in [6.07, 6.45) is 4.69. The lowest BCUT2D eigenvalue weighted by atomic mass is 10.0. The van der Waals surface area contributed by atoms with Gasteiger partial charge in [0.05, 0.1) is 4.88 Å². The lowest BCUT2D eigenvalue weighted by molar-refractivity contribution is 0.324. The molecule has 1 saturated heterocycles. The molecule has 2 aromatic rings. The summed E-state index contributed by atoms with van der Waals surface area (Å²) < 4.78 is 1.02. The highest BCUT2D eigenvalue weighted by Gasteiger charge is 2.16. The second-order valence-corrected chi connectivity index (χ2v) is 8.66. The topological polar surface area (TPSA) is 23.5 Å². The summed E-state index contributed by atoms with van der Waals surface area (Å²) in [4.78, 5) is 3.71. The van der Waals surface area contributed by atoms with Gasteiger partial charge in [-0.15, -0.1) is 0 Å². The van der Waals surface area contributed by atoms with E-state index >= 15 is 0 Å². The van der Waals surface area contributed by atoms with Crippen LogP contribution in [0.15, 0.2) is 18.2 Å². The van der Waals surface area contributed by atoms with Gasteiger partial charge in [-0.25, -0.2) is 0 Å². The van der Waals surface area contributed by atoms with E-state index < -0.39 is 0 Å². The predicted molar refractivity (Wildman–Crippen MR) is 98.6 cm³/mol. The van der Waals surface area contributed by atoms with Gasteiger partial charge in [0.15, 0.2) is 0 Å². The van der Waals surface area contributed by atoms with E-state index in [1.54, 1.807) is 20.7 Å². The number of hydrogen-bond donors (Lipinski definition) is 1. The van der Waals surface area contributed by atoms with E-state index in [1.165, 1.54) is 28.8 Å². The molecule has 0 radical (unpaired) electrons. The third-order valence-corrected chi connectivity index (χ3v) is 7.35. The molecule has 3 rings (SSSR count). The van der Waals surface area contributed by atoms with Crippen LogP contribution in [0.2, 0.25) is 0 Å². The number of hydrogen-bond acceptors (Lipinski definition) is 5. The van der Waals surface area contributed by atoms with E-state index in [9.17, 15) is 5.11 Å². The smallest absolute Gasteiger partial charge is 0.120 e. The Kier molecular flexibility index (Phi) is 5.29. The molecule has 1 aromatic heterocycles. The molecule has 0 unspecified atom stereocenters. The Bertz CT molecular complexity index is 698. The van der Waals surface area contributed by atoms with Gasteiger partial charge in [-0.1, -0.05) is 46.2 Å². The normalized spacial score (nSPS) is 15.5. The van der Waals surface area contributed by atoms with E-state index in [0.717, 1.165) is 41.9 Å². The van der Waals surface area contributed by atoms with Gasteiger partial charge in [0, 0.05) is 12.1 Å². The second kappa shape index (κ2) is 7.21. The zero-order valence-electron chi connectivity index (χ0n) is 12.8. The fourth-order valence-corrected chi connectivity index (χ4v) is 6.00. The van der Waals surface area contributed by atoms with Gasteiger partial charge < -0.3 is 5.11 Å². The number of nitrogens with zero attached hydrogens (tertiary/aromatic N) is 1. The quantitative estimate of drug-likeness (QED) is 0.571. The molecule has 1 N–H and O–H groups in total. The first kappa shape index (κ1) is 16.1. The largest absolute Gasteiger partial charge is 0.508 e. The highest BCUT2D eigenvalue weighted by atomic mass is 32.9. The van der Waals surface area contributed by atoms with Crippen LogP contribution in [0.25, 0.3) is 10.4 Å². The van der Waals surface area contributed by atoms with E-state index in [-0.39, 0.29) is 0 Å². The molecule has 0 amide bonds. The van der Waals surface area contributed by atoms with Crippen LogP contribution in [-0.4, -0.2) is 23.1 Å². The summed E-state index contributed by atoms with van der Waals surface area (Å²) in [7, 11) is 3.46. The summed E-state index contributed by atoms with van der Waals surface area (Å²) in [5, 5.41) is 10.2. The summed E-state index contributed by atoms with van der Waals surface area (Å²) >= 11 is 5.48. The molecule has 1 aromatic carbocycles. The van der Waals surface area contributed by atoms with Crippen molar-refractivity contribution >= 4 is 32.9 Å². The van der Waals surface area contributed by atoms with E-state index in [1.807, 2.05) is 12.1 Å². The Morgan fingerprint density at radius 1 is 1.23 bits per heavy atom. The van der Waals surface area contributed by atoms with Gasteiger partial charge in [-0.3, -0.25) is 4.90 Å². The number of rotatable bonds is 5. The summed E-state index contributed by atoms with van der Waals surface area (Å²) in [5.74, 6) is 0.409. The van der Waals surface area contributed by atoms with Crippen LogP contribution in [0.3, 0.4) is 0 Å². The Hall–Kier alpha value is -0.750. The first-order valence-electron chi connectivity index (χ1n) is 7.85. The lowest BCUT2D eigenvalue weighted by Crippen LogP contribution is -2.18. The Labute approximate surface area is 144 Å². The van der Waals surface area contributed by atoms with Crippen molar-refractivity contribution in [1.29, 1.82) is 0 Å². The highest BCUT2D eigenvalue weighted by molar-refractivity contribution is 7.80. The molecular weight excluding hydrogens is 330 g/mol. The molecule has 0 bridgehead atoms. The zero-order valence-corrected chi connectivity index (χ0v) is 15.3. The molecule has 5 heteroatoms. The average Bonchev–Trinajstić information content (AvgIpc) is 3.13. The molecular formula is C17H21NOS3. The van der Waals surface area contributed by atoms with Crippen LogP contribution >= 0.6 is 32.9 Å². The van der Waals surface area contributed by atoms with E-state index in [2.05, 4.69) is 17.9 Å². The maximum absolute atomic E-state index is 10.2. The molecule has 0 atom stereocenters. The van der Waals surface area contributed by atoms with Crippen LogP contribution in [0, 0.1) is 3.82 Å². The van der Waals surface area contributed by atoms with E-state index in [4.69, 9.17) is 12.2 Å². The fraction of sp³-hybridized carbons (Fsp3) is 0.471. The molecule has 0 aliphatic carbocycles. The molecule has 118 valence electrons. The minimum atomic E-state index is 0.409. The monoisotopic (exact) mass is 351 g/mol. The molecule has 0 saturated carbocycles. The third kappa shape index (κ3) is 3.43. The number of phenols is 1. The van der Waals surface area contributed by atoms with Crippen molar-refractivity contribution in [3.8, 4) is 16.2 Å². The Balaban J connectivity index is 1.93. The van der Waals surface area contributed by atoms with Gasteiger partial charge in [-0.2, -0.15) is 0 Å². The second-order valence-electron chi connectivity index (χ2n) is 5.84. The van der Waals surface area contributed by atoms with Gasteiger partial charge >= 0.3 is 0 Å². The first-order valence-corrected chi connectivity index (χ1v) is 10.4. The van der Waals surface area contributed by atoms with Crippen molar-refractivity contribution in [2.45, 2.75) is 39.2 Å².